The Bertz CT molecular complexity index is 888. The Balaban J connectivity index is 1.81. The highest BCUT2D eigenvalue weighted by Gasteiger charge is 2.26. The van der Waals surface area contributed by atoms with Crippen LogP contribution in [0.2, 0.25) is 0 Å². The van der Waals surface area contributed by atoms with E-state index in [0.717, 1.165) is 30.5 Å². The monoisotopic (exact) mass is 406 g/mol. The van der Waals surface area contributed by atoms with Gasteiger partial charge in [0.1, 0.15) is 0 Å². The SMILES string of the molecule is CCN(CC)S(=O)(=O)c1ccc2c(c1)CCCN2C(=O)CCc1ccsc1. The van der Waals surface area contributed by atoms with Gasteiger partial charge in [-0.25, -0.2) is 8.42 Å². The van der Waals surface area contributed by atoms with Gasteiger partial charge in [0.15, 0.2) is 0 Å². The van der Waals surface area contributed by atoms with Crippen LogP contribution in [0.5, 0.6) is 0 Å². The first-order chi connectivity index (χ1) is 13.0. The molecule has 0 fully saturated rings. The van der Waals surface area contributed by atoms with E-state index in [1.54, 1.807) is 29.5 Å². The van der Waals surface area contributed by atoms with Crippen molar-refractivity contribution in [3.8, 4) is 0 Å². The zero-order valence-electron chi connectivity index (χ0n) is 15.8. The number of hydrogen-bond donors (Lipinski definition) is 0. The maximum absolute atomic E-state index is 12.8. The van der Waals surface area contributed by atoms with Crippen LogP contribution in [0, 0.1) is 0 Å². The maximum Gasteiger partial charge on any atom is 0.243 e. The van der Waals surface area contributed by atoms with Crippen LogP contribution < -0.4 is 4.90 Å². The van der Waals surface area contributed by atoms with Gasteiger partial charge in [0.25, 0.3) is 0 Å². The molecule has 2 aromatic rings. The molecule has 0 saturated heterocycles. The number of carbonyl (C=O) groups excluding carboxylic acids is 1. The molecular formula is C20H26N2O3S2. The van der Waals surface area contributed by atoms with Crippen LogP contribution in [-0.4, -0.2) is 38.3 Å². The van der Waals surface area contributed by atoms with Crippen molar-refractivity contribution in [3.05, 3.63) is 46.2 Å². The molecule has 1 aromatic carbocycles. The van der Waals surface area contributed by atoms with E-state index < -0.39 is 10.0 Å². The van der Waals surface area contributed by atoms with Crippen LogP contribution in [0.3, 0.4) is 0 Å². The second-order valence-corrected chi connectivity index (χ2v) is 9.38. The van der Waals surface area contributed by atoms with Gasteiger partial charge in [-0.05, 0) is 65.4 Å². The number of hydrogen-bond acceptors (Lipinski definition) is 4. The summed E-state index contributed by atoms with van der Waals surface area (Å²) in [6.07, 6.45) is 2.86. The molecule has 0 N–H and O–H groups in total. The summed E-state index contributed by atoms with van der Waals surface area (Å²) in [5.41, 5.74) is 2.99. The Labute approximate surface area is 165 Å². The lowest BCUT2D eigenvalue weighted by atomic mass is 10.0. The van der Waals surface area contributed by atoms with Crippen molar-refractivity contribution in [1.82, 2.24) is 4.31 Å². The minimum Gasteiger partial charge on any atom is -0.312 e. The van der Waals surface area contributed by atoms with Crippen molar-refractivity contribution in [1.29, 1.82) is 0 Å². The molecule has 1 aliphatic heterocycles. The summed E-state index contributed by atoms with van der Waals surface area (Å²) in [7, 11) is -3.48. The Morgan fingerprint density at radius 2 is 2.00 bits per heavy atom. The summed E-state index contributed by atoms with van der Waals surface area (Å²) in [6, 6.07) is 7.23. The van der Waals surface area contributed by atoms with E-state index in [2.05, 4.69) is 5.38 Å². The van der Waals surface area contributed by atoms with Gasteiger partial charge in [0, 0.05) is 31.7 Å². The Morgan fingerprint density at radius 3 is 2.67 bits per heavy atom. The van der Waals surface area contributed by atoms with Crippen LogP contribution in [0.1, 0.15) is 37.8 Å². The first-order valence-corrected chi connectivity index (χ1v) is 11.8. The Kier molecular flexibility index (Phi) is 6.34. The molecular weight excluding hydrogens is 380 g/mol. The number of nitrogens with zero attached hydrogens (tertiary/aromatic N) is 2. The lowest BCUT2D eigenvalue weighted by Gasteiger charge is -2.30. The lowest BCUT2D eigenvalue weighted by molar-refractivity contribution is -0.118. The van der Waals surface area contributed by atoms with Gasteiger partial charge in [-0.1, -0.05) is 13.8 Å². The van der Waals surface area contributed by atoms with E-state index in [1.807, 2.05) is 30.2 Å². The fourth-order valence-electron chi connectivity index (χ4n) is 3.53. The van der Waals surface area contributed by atoms with E-state index in [1.165, 1.54) is 9.87 Å². The molecule has 1 aromatic heterocycles. The van der Waals surface area contributed by atoms with Crippen molar-refractivity contribution < 1.29 is 13.2 Å². The topological polar surface area (TPSA) is 57.7 Å². The molecule has 27 heavy (non-hydrogen) atoms. The first kappa shape index (κ1) is 20.0. The van der Waals surface area contributed by atoms with Crippen LogP contribution in [-0.2, 0) is 27.7 Å². The number of thiophene rings is 1. The highest BCUT2D eigenvalue weighted by Crippen LogP contribution is 2.31. The summed E-state index contributed by atoms with van der Waals surface area (Å²) in [5.74, 6) is 0.0986. The second-order valence-electron chi connectivity index (χ2n) is 6.66. The molecule has 146 valence electrons. The van der Waals surface area contributed by atoms with Gasteiger partial charge in [-0.2, -0.15) is 15.6 Å². The van der Waals surface area contributed by atoms with E-state index in [9.17, 15) is 13.2 Å². The van der Waals surface area contributed by atoms with Gasteiger partial charge >= 0.3 is 0 Å². The van der Waals surface area contributed by atoms with Gasteiger partial charge in [0.05, 0.1) is 4.90 Å². The largest absolute Gasteiger partial charge is 0.312 e. The number of sulfonamides is 1. The third-order valence-corrected chi connectivity index (χ3v) is 7.80. The molecule has 0 radical (unpaired) electrons. The third-order valence-electron chi connectivity index (χ3n) is 5.02. The van der Waals surface area contributed by atoms with Crippen molar-refractivity contribution >= 4 is 33.0 Å². The fourth-order valence-corrected chi connectivity index (χ4v) is 5.74. The number of rotatable bonds is 7. The molecule has 7 heteroatoms. The van der Waals surface area contributed by atoms with Gasteiger partial charge in [-0.3, -0.25) is 4.79 Å². The molecule has 1 aliphatic rings. The quantitative estimate of drug-likeness (QED) is 0.705. The summed E-state index contributed by atoms with van der Waals surface area (Å²) in [6.45, 7) is 5.27. The number of aryl methyl sites for hydroxylation is 2. The van der Waals surface area contributed by atoms with E-state index in [-0.39, 0.29) is 5.91 Å². The molecule has 0 saturated carbocycles. The van der Waals surface area contributed by atoms with E-state index in [4.69, 9.17) is 0 Å². The minimum atomic E-state index is -3.48. The summed E-state index contributed by atoms with van der Waals surface area (Å²) in [5, 5.41) is 4.09. The van der Waals surface area contributed by atoms with Crippen LogP contribution in [0.4, 0.5) is 5.69 Å². The number of carbonyl (C=O) groups is 1. The zero-order valence-corrected chi connectivity index (χ0v) is 17.5. The molecule has 0 aliphatic carbocycles. The van der Waals surface area contributed by atoms with Crippen molar-refractivity contribution in [2.75, 3.05) is 24.5 Å². The molecule has 3 rings (SSSR count). The summed E-state index contributed by atoms with van der Waals surface area (Å²) >= 11 is 1.64. The van der Waals surface area contributed by atoms with Gasteiger partial charge in [0.2, 0.25) is 15.9 Å². The maximum atomic E-state index is 12.8. The Hall–Kier alpha value is -1.70. The standard InChI is InChI=1S/C20H26N2O3S2/c1-3-21(4-2)27(24,25)18-8-9-19-17(14-18)6-5-12-22(19)20(23)10-7-16-11-13-26-15-16/h8-9,11,13-15H,3-7,10,12H2,1-2H3. The number of anilines is 1. The van der Waals surface area contributed by atoms with Crippen molar-refractivity contribution in [2.45, 2.75) is 44.4 Å². The Morgan fingerprint density at radius 1 is 1.22 bits per heavy atom. The molecule has 1 amide bonds. The molecule has 0 spiro atoms. The van der Waals surface area contributed by atoms with Gasteiger partial charge < -0.3 is 4.90 Å². The normalized spacial score (nSPS) is 14.4. The minimum absolute atomic E-state index is 0.0986. The number of benzene rings is 1. The predicted molar refractivity (Wildman–Crippen MR) is 110 cm³/mol. The molecule has 5 nitrogen and oxygen atoms in total. The highest BCUT2D eigenvalue weighted by molar-refractivity contribution is 7.89. The molecule has 0 unspecified atom stereocenters. The van der Waals surface area contributed by atoms with Crippen molar-refractivity contribution in [3.63, 3.8) is 0 Å². The van der Waals surface area contributed by atoms with E-state index in [0.29, 0.717) is 31.0 Å². The second kappa shape index (κ2) is 8.54. The fraction of sp³-hybridized carbons (Fsp3) is 0.450. The molecule has 2 heterocycles. The number of fused-ring (bicyclic) bond motifs is 1. The number of amides is 1. The smallest absolute Gasteiger partial charge is 0.243 e. The molecule has 0 atom stereocenters. The highest BCUT2D eigenvalue weighted by atomic mass is 32.2. The summed E-state index contributed by atoms with van der Waals surface area (Å²) in [4.78, 5) is 14.9. The predicted octanol–water partition coefficient (Wildman–Crippen LogP) is 3.69. The van der Waals surface area contributed by atoms with Crippen LogP contribution in [0.25, 0.3) is 0 Å². The first-order valence-electron chi connectivity index (χ1n) is 9.42. The van der Waals surface area contributed by atoms with Crippen molar-refractivity contribution in [2.24, 2.45) is 0 Å². The lowest BCUT2D eigenvalue weighted by Crippen LogP contribution is -2.36. The van der Waals surface area contributed by atoms with Crippen LogP contribution in [0.15, 0.2) is 39.9 Å². The molecule has 0 bridgehead atoms. The average molecular weight is 407 g/mol. The average Bonchev–Trinajstić information content (AvgIpc) is 3.19. The zero-order chi connectivity index (χ0) is 19.4. The van der Waals surface area contributed by atoms with E-state index >= 15 is 0 Å². The summed E-state index contributed by atoms with van der Waals surface area (Å²) < 4.78 is 27.0. The van der Waals surface area contributed by atoms with Crippen LogP contribution >= 0.6 is 11.3 Å². The van der Waals surface area contributed by atoms with Gasteiger partial charge in [-0.15, -0.1) is 0 Å². The third kappa shape index (κ3) is 4.25.